The van der Waals surface area contributed by atoms with E-state index in [4.69, 9.17) is 28.4 Å². The van der Waals surface area contributed by atoms with E-state index in [0.717, 1.165) is 5.56 Å². The smallest absolute Gasteiger partial charge is 0.303 e. The molecule has 0 aliphatic carbocycles. The van der Waals surface area contributed by atoms with Crippen molar-refractivity contribution in [2.45, 2.75) is 87.7 Å². The maximum Gasteiger partial charge on any atom is 0.303 e. The van der Waals surface area contributed by atoms with Gasteiger partial charge in [0.1, 0.15) is 18.3 Å². The molecular weight excluding hydrogens is 428 g/mol. The van der Waals surface area contributed by atoms with Gasteiger partial charge in [-0.15, -0.1) is 0 Å². The summed E-state index contributed by atoms with van der Waals surface area (Å²) in [6.07, 6.45) is 0.593. The highest BCUT2D eigenvalue weighted by Gasteiger charge is 2.65. The van der Waals surface area contributed by atoms with Crippen molar-refractivity contribution in [1.82, 2.24) is 0 Å². The van der Waals surface area contributed by atoms with Crippen LogP contribution in [0.2, 0.25) is 0 Å². The molecule has 2 radical (unpaired) electrons. The van der Waals surface area contributed by atoms with E-state index < -0.39 is 42.3 Å². The van der Waals surface area contributed by atoms with E-state index >= 15 is 0 Å². The molecule has 1 N–H and O–H groups in total. The number of fused-ring (bicyclic) bond motifs is 2. The van der Waals surface area contributed by atoms with Crippen molar-refractivity contribution in [2.75, 3.05) is 13.7 Å². The third-order valence-electron chi connectivity index (χ3n) is 6.67. The monoisotopic (exact) mass is 462 g/mol. The van der Waals surface area contributed by atoms with Gasteiger partial charge in [-0.2, -0.15) is 0 Å². The number of hydrogen-bond acceptors (Lipinski definition) is 8. The fraction of sp³-hybridized carbons (Fsp3) is 0.640. The Morgan fingerprint density at radius 2 is 2.03 bits per heavy atom. The van der Waals surface area contributed by atoms with E-state index in [-0.39, 0.29) is 18.8 Å². The van der Waals surface area contributed by atoms with Gasteiger partial charge in [-0.3, -0.25) is 4.79 Å². The van der Waals surface area contributed by atoms with Crippen molar-refractivity contribution >= 4 is 5.97 Å². The molecule has 0 aromatic heterocycles. The Labute approximate surface area is 195 Å². The summed E-state index contributed by atoms with van der Waals surface area (Å²) in [6.45, 7) is 5.63. The molecule has 0 spiro atoms. The maximum absolute atomic E-state index is 12.1. The van der Waals surface area contributed by atoms with Gasteiger partial charge in [-0.1, -0.05) is 30.3 Å². The highest BCUT2D eigenvalue weighted by Crippen LogP contribution is 2.47. The van der Waals surface area contributed by atoms with Crippen molar-refractivity contribution in [3.8, 4) is 0 Å². The van der Waals surface area contributed by atoms with E-state index in [2.05, 4.69) is 6.92 Å². The second-order valence-electron chi connectivity index (χ2n) is 8.83. The number of aliphatic hydroxyl groups is 1. The predicted octanol–water partition coefficient (Wildman–Crippen LogP) is 2.37. The molecule has 4 unspecified atom stereocenters. The number of methoxy groups -OCH3 is 1. The van der Waals surface area contributed by atoms with Crippen molar-refractivity contribution in [3.05, 3.63) is 49.2 Å². The summed E-state index contributed by atoms with van der Waals surface area (Å²) in [7, 11) is 1.57. The van der Waals surface area contributed by atoms with Crippen LogP contribution in [-0.4, -0.2) is 73.3 Å². The van der Waals surface area contributed by atoms with Crippen LogP contribution in [0.15, 0.2) is 30.3 Å². The minimum Gasteiger partial charge on any atom is -0.457 e. The predicted molar refractivity (Wildman–Crippen MR) is 118 cm³/mol. The highest BCUT2D eigenvalue weighted by atomic mass is 16.8. The lowest BCUT2D eigenvalue weighted by molar-refractivity contribution is -0.383. The Hall–Kier alpha value is -1.55. The summed E-state index contributed by atoms with van der Waals surface area (Å²) in [4.78, 5) is 12.1. The average Bonchev–Trinajstić information content (AvgIpc) is 3.15. The van der Waals surface area contributed by atoms with Gasteiger partial charge in [-0.25, -0.2) is 0 Å². The zero-order valence-corrected chi connectivity index (χ0v) is 19.3. The molecule has 8 heteroatoms. The molecule has 3 aliphatic heterocycles. The number of aliphatic hydroxyl groups excluding tert-OH is 1. The largest absolute Gasteiger partial charge is 0.457 e. The van der Waals surface area contributed by atoms with Crippen LogP contribution >= 0.6 is 0 Å². The minimum absolute atomic E-state index is 0.00974. The molecule has 1 aromatic carbocycles. The maximum atomic E-state index is 12.1. The second-order valence-corrected chi connectivity index (χ2v) is 8.83. The average molecular weight is 463 g/mol. The first-order chi connectivity index (χ1) is 16.0. The lowest BCUT2D eigenvalue weighted by atomic mass is 9.85. The lowest BCUT2D eigenvalue weighted by Crippen LogP contribution is -2.69. The van der Waals surface area contributed by atoms with Crippen molar-refractivity contribution in [1.29, 1.82) is 0 Å². The standard InChI is InChI=1S/C25H34O8/c1-4-8-19-20(29-15-17-9-6-5-7-10-17)22-21(32-19)23(30-16(2)27)24-25(28-3,33-22)13-11-18(31-24)12-14-26/h4-7,9-10,18-24,26H,1,8,11-15H2,2-3H3/t18?,19-,20+,21-,22?,23+,24?,25?/m1/s1. The van der Waals surface area contributed by atoms with E-state index in [1.165, 1.54) is 6.92 Å². The van der Waals surface area contributed by atoms with Crippen molar-refractivity contribution in [2.24, 2.45) is 0 Å². The number of benzene rings is 1. The third-order valence-corrected chi connectivity index (χ3v) is 6.67. The minimum atomic E-state index is -1.10. The molecule has 3 fully saturated rings. The number of hydrogen-bond donors (Lipinski definition) is 1. The summed E-state index contributed by atoms with van der Waals surface area (Å²) in [5.74, 6) is -1.54. The molecule has 0 amide bonds. The van der Waals surface area contributed by atoms with Crippen LogP contribution in [0.3, 0.4) is 0 Å². The Bertz CT molecular complexity index is 773. The van der Waals surface area contributed by atoms with Crippen LogP contribution in [0.4, 0.5) is 0 Å². The quantitative estimate of drug-likeness (QED) is 0.559. The first kappa shape index (κ1) is 24.6. The second kappa shape index (κ2) is 10.8. The van der Waals surface area contributed by atoms with Gasteiger partial charge < -0.3 is 33.5 Å². The van der Waals surface area contributed by atoms with Crippen LogP contribution < -0.4 is 0 Å². The zero-order valence-electron chi connectivity index (χ0n) is 19.3. The summed E-state index contributed by atoms with van der Waals surface area (Å²) in [6, 6.07) is 9.90. The van der Waals surface area contributed by atoms with Crippen LogP contribution in [0, 0.1) is 13.3 Å². The topological polar surface area (TPSA) is 92.7 Å². The van der Waals surface area contributed by atoms with Gasteiger partial charge in [0.05, 0.1) is 18.8 Å². The van der Waals surface area contributed by atoms with E-state index in [9.17, 15) is 9.90 Å². The molecule has 3 heterocycles. The Kier molecular flexibility index (Phi) is 8.04. The van der Waals surface area contributed by atoms with Crippen LogP contribution in [0.25, 0.3) is 0 Å². The molecule has 33 heavy (non-hydrogen) atoms. The number of esters is 1. The first-order valence-electron chi connectivity index (χ1n) is 11.6. The SMILES string of the molecule is [CH2][CH]C[C@H]1O[C@@H]2C(OC3(OC)CCC(CCO)OC3[C@H]2OC(C)=O)[C@H]1OCc1ccccc1. The third kappa shape index (κ3) is 5.11. The zero-order chi connectivity index (χ0) is 23.4. The molecular formula is C25H34O8. The molecule has 8 nitrogen and oxygen atoms in total. The molecule has 0 bridgehead atoms. The van der Waals surface area contributed by atoms with Gasteiger partial charge >= 0.3 is 5.97 Å². The van der Waals surface area contributed by atoms with Crippen LogP contribution in [0.1, 0.15) is 38.2 Å². The Balaban J connectivity index is 1.62. The molecule has 1 aromatic rings. The summed E-state index contributed by atoms with van der Waals surface area (Å²) < 4.78 is 37.2. The number of carbonyl (C=O) groups is 1. The lowest BCUT2D eigenvalue weighted by Gasteiger charge is -2.53. The fourth-order valence-electron chi connectivity index (χ4n) is 5.16. The first-order valence-corrected chi connectivity index (χ1v) is 11.6. The molecule has 182 valence electrons. The molecule has 8 atom stereocenters. The van der Waals surface area contributed by atoms with Gasteiger partial charge in [0.25, 0.3) is 0 Å². The van der Waals surface area contributed by atoms with Gasteiger partial charge in [0.2, 0.25) is 0 Å². The number of ether oxygens (including phenoxy) is 6. The number of carbonyl (C=O) groups excluding carboxylic acids is 1. The van der Waals surface area contributed by atoms with Crippen LogP contribution in [-0.2, 0) is 39.8 Å². The fourth-order valence-corrected chi connectivity index (χ4v) is 5.16. The van der Waals surface area contributed by atoms with E-state index in [1.54, 1.807) is 13.5 Å². The Morgan fingerprint density at radius 3 is 2.70 bits per heavy atom. The normalized spacial score (nSPS) is 37.9. The summed E-state index contributed by atoms with van der Waals surface area (Å²) in [5.41, 5.74) is 1.04. The summed E-state index contributed by atoms with van der Waals surface area (Å²) >= 11 is 0. The molecule has 3 saturated heterocycles. The molecule has 4 rings (SSSR count). The van der Waals surface area contributed by atoms with E-state index in [1.807, 2.05) is 30.3 Å². The van der Waals surface area contributed by atoms with E-state index in [0.29, 0.717) is 32.3 Å². The van der Waals surface area contributed by atoms with Crippen molar-refractivity contribution in [3.63, 3.8) is 0 Å². The van der Waals surface area contributed by atoms with Gasteiger partial charge in [0, 0.05) is 27.1 Å². The highest BCUT2D eigenvalue weighted by molar-refractivity contribution is 5.66. The molecule has 3 aliphatic rings. The molecule has 0 saturated carbocycles. The number of rotatable bonds is 9. The van der Waals surface area contributed by atoms with Crippen LogP contribution in [0.5, 0.6) is 0 Å². The summed E-state index contributed by atoms with van der Waals surface area (Å²) in [5, 5.41) is 9.40. The van der Waals surface area contributed by atoms with Crippen molar-refractivity contribution < 1.29 is 38.3 Å². The van der Waals surface area contributed by atoms with Gasteiger partial charge in [0.15, 0.2) is 18.0 Å². The Morgan fingerprint density at radius 1 is 1.24 bits per heavy atom. The van der Waals surface area contributed by atoms with Gasteiger partial charge in [-0.05, 0) is 38.2 Å².